The van der Waals surface area contributed by atoms with E-state index in [0.29, 0.717) is 6.04 Å². The molecule has 1 saturated carbocycles. The van der Waals surface area contributed by atoms with E-state index in [4.69, 9.17) is 0 Å². The van der Waals surface area contributed by atoms with Crippen molar-refractivity contribution in [3.05, 3.63) is 0 Å². The first-order valence-electron chi connectivity index (χ1n) is 4.65. The van der Waals surface area contributed by atoms with Crippen molar-refractivity contribution >= 4 is 11.8 Å². The summed E-state index contributed by atoms with van der Waals surface area (Å²) in [7, 11) is 3.05. The molecule has 80 valence electrons. The van der Waals surface area contributed by atoms with Crippen molar-refractivity contribution in [3.8, 4) is 0 Å². The number of rotatable bonds is 5. The van der Waals surface area contributed by atoms with Crippen LogP contribution < -0.4 is 5.32 Å². The van der Waals surface area contributed by atoms with E-state index in [1.807, 2.05) is 0 Å². The smallest absolute Gasteiger partial charge is 0.248 e. The summed E-state index contributed by atoms with van der Waals surface area (Å²) in [5.41, 5.74) is 0. The Labute approximate surface area is 83.4 Å². The van der Waals surface area contributed by atoms with E-state index in [-0.39, 0.29) is 25.0 Å². The molecule has 0 aromatic carbocycles. The normalized spacial score (nSPS) is 15.0. The lowest BCUT2D eigenvalue weighted by molar-refractivity contribution is -0.137. The Hall–Kier alpha value is -1.10. The first kappa shape index (κ1) is 11.0. The van der Waals surface area contributed by atoms with Crippen molar-refractivity contribution in [2.75, 3.05) is 27.3 Å². The quantitative estimate of drug-likeness (QED) is 0.643. The first-order chi connectivity index (χ1) is 6.63. The summed E-state index contributed by atoms with van der Waals surface area (Å²) in [6, 6.07) is 0.341. The molecule has 5 nitrogen and oxygen atoms in total. The van der Waals surface area contributed by atoms with Gasteiger partial charge in [0.2, 0.25) is 11.8 Å². The van der Waals surface area contributed by atoms with Crippen LogP contribution in [0.3, 0.4) is 0 Å². The molecule has 1 aliphatic carbocycles. The first-order valence-corrected chi connectivity index (χ1v) is 4.65. The number of ether oxygens (including phenoxy) is 1. The zero-order valence-electron chi connectivity index (χ0n) is 8.58. The van der Waals surface area contributed by atoms with Gasteiger partial charge in [0.1, 0.15) is 6.61 Å². The Bertz CT molecular complexity index is 226. The van der Waals surface area contributed by atoms with Gasteiger partial charge in [-0.2, -0.15) is 0 Å². The van der Waals surface area contributed by atoms with Crippen LogP contribution in [0.1, 0.15) is 12.8 Å². The topological polar surface area (TPSA) is 58.6 Å². The van der Waals surface area contributed by atoms with Gasteiger partial charge in [-0.05, 0) is 12.8 Å². The molecule has 1 fully saturated rings. The largest absolute Gasteiger partial charge is 0.375 e. The second-order valence-corrected chi connectivity index (χ2v) is 3.52. The fraction of sp³-hybridized carbons (Fsp3) is 0.778. The lowest BCUT2D eigenvalue weighted by Gasteiger charge is -2.15. The molecule has 0 spiro atoms. The molecule has 0 atom stereocenters. The van der Waals surface area contributed by atoms with Gasteiger partial charge in [-0.3, -0.25) is 9.59 Å². The molecule has 5 heteroatoms. The van der Waals surface area contributed by atoms with Gasteiger partial charge in [0, 0.05) is 20.2 Å². The minimum absolute atomic E-state index is 0.0210. The van der Waals surface area contributed by atoms with Gasteiger partial charge < -0.3 is 15.0 Å². The minimum atomic E-state index is -0.182. The molecule has 14 heavy (non-hydrogen) atoms. The number of nitrogens with one attached hydrogen (secondary N) is 1. The number of hydrogen-bond acceptors (Lipinski definition) is 3. The number of carbonyl (C=O) groups is 2. The molecule has 1 N–H and O–H groups in total. The molecule has 2 amide bonds. The third-order valence-corrected chi connectivity index (χ3v) is 2.02. The SMILES string of the molecule is COCC(=O)N(C)CC(=O)NC1CC1. The van der Waals surface area contributed by atoms with Gasteiger partial charge in [0.15, 0.2) is 0 Å². The maximum Gasteiger partial charge on any atom is 0.248 e. The summed E-state index contributed by atoms with van der Waals surface area (Å²) < 4.78 is 4.68. The lowest BCUT2D eigenvalue weighted by atomic mass is 10.4. The van der Waals surface area contributed by atoms with E-state index in [1.54, 1.807) is 7.05 Å². The highest BCUT2D eigenvalue weighted by atomic mass is 16.5. The average molecular weight is 200 g/mol. The Morgan fingerprint density at radius 3 is 2.64 bits per heavy atom. The molecule has 0 heterocycles. The Morgan fingerprint density at radius 2 is 2.14 bits per heavy atom. The highest BCUT2D eigenvalue weighted by molar-refractivity contribution is 5.85. The predicted molar refractivity (Wildman–Crippen MR) is 50.7 cm³/mol. The number of carbonyl (C=O) groups excluding carboxylic acids is 2. The van der Waals surface area contributed by atoms with E-state index in [0.717, 1.165) is 12.8 Å². The number of amides is 2. The molecule has 0 bridgehead atoms. The molecule has 1 aliphatic rings. The van der Waals surface area contributed by atoms with Crippen molar-refractivity contribution in [3.63, 3.8) is 0 Å². The monoisotopic (exact) mass is 200 g/mol. The van der Waals surface area contributed by atoms with Crippen LogP contribution in [0.5, 0.6) is 0 Å². The van der Waals surface area contributed by atoms with E-state index in [2.05, 4.69) is 10.1 Å². The van der Waals surface area contributed by atoms with Crippen LogP contribution in [0.2, 0.25) is 0 Å². The molecule has 0 saturated heterocycles. The number of methoxy groups -OCH3 is 1. The highest BCUT2D eigenvalue weighted by Gasteiger charge is 2.24. The molecule has 0 aromatic rings. The molecular weight excluding hydrogens is 184 g/mol. The Morgan fingerprint density at radius 1 is 1.50 bits per heavy atom. The third kappa shape index (κ3) is 3.74. The summed E-state index contributed by atoms with van der Waals surface area (Å²) in [5, 5.41) is 2.81. The van der Waals surface area contributed by atoms with Crippen LogP contribution in [0.25, 0.3) is 0 Å². The zero-order chi connectivity index (χ0) is 10.6. The summed E-state index contributed by atoms with van der Waals surface area (Å²) in [5.74, 6) is -0.280. The molecular formula is C9H16N2O3. The van der Waals surface area contributed by atoms with E-state index in [1.165, 1.54) is 12.0 Å². The van der Waals surface area contributed by atoms with Gasteiger partial charge in [0.05, 0.1) is 6.54 Å². The fourth-order valence-corrected chi connectivity index (χ4v) is 1.04. The highest BCUT2D eigenvalue weighted by Crippen LogP contribution is 2.18. The predicted octanol–water partition coefficient (Wildman–Crippen LogP) is -0.630. The lowest BCUT2D eigenvalue weighted by Crippen LogP contribution is -2.40. The van der Waals surface area contributed by atoms with Crippen LogP contribution in [0.4, 0.5) is 0 Å². The minimum Gasteiger partial charge on any atom is -0.375 e. The van der Waals surface area contributed by atoms with Crippen LogP contribution in [-0.2, 0) is 14.3 Å². The molecule has 0 aliphatic heterocycles. The third-order valence-electron chi connectivity index (χ3n) is 2.02. The van der Waals surface area contributed by atoms with Crippen molar-refractivity contribution in [2.45, 2.75) is 18.9 Å². The van der Waals surface area contributed by atoms with Crippen molar-refractivity contribution in [1.82, 2.24) is 10.2 Å². The Kier molecular flexibility index (Phi) is 3.88. The van der Waals surface area contributed by atoms with Crippen LogP contribution in [0.15, 0.2) is 0 Å². The van der Waals surface area contributed by atoms with Crippen LogP contribution in [0, 0.1) is 0 Å². The van der Waals surface area contributed by atoms with Gasteiger partial charge in [-0.1, -0.05) is 0 Å². The van der Waals surface area contributed by atoms with Crippen molar-refractivity contribution in [2.24, 2.45) is 0 Å². The fourth-order valence-electron chi connectivity index (χ4n) is 1.04. The van der Waals surface area contributed by atoms with Crippen molar-refractivity contribution < 1.29 is 14.3 Å². The maximum atomic E-state index is 11.3. The molecule has 0 unspecified atom stereocenters. The van der Waals surface area contributed by atoms with Gasteiger partial charge >= 0.3 is 0 Å². The second kappa shape index (κ2) is 4.95. The molecule has 1 rings (SSSR count). The van der Waals surface area contributed by atoms with Gasteiger partial charge in [-0.15, -0.1) is 0 Å². The molecule has 0 aromatic heterocycles. The number of nitrogens with zero attached hydrogens (tertiary/aromatic N) is 1. The van der Waals surface area contributed by atoms with E-state index >= 15 is 0 Å². The number of hydrogen-bond donors (Lipinski definition) is 1. The summed E-state index contributed by atoms with van der Waals surface area (Å²) in [4.78, 5) is 23.8. The van der Waals surface area contributed by atoms with Crippen LogP contribution in [-0.4, -0.2) is 50.1 Å². The second-order valence-electron chi connectivity index (χ2n) is 3.52. The number of likely N-dealkylation sites (N-methyl/N-ethyl adjacent to an activating group) is 1. The zero-order valence-corrected chi connectivity index (χ0v) is 8.58. The van der Waals surface area contributed by atoms with E-state index in [9.17, 15) is 9.59 Å². The summed E-state index contributed by atoms with van der Waals surface area (Å²) in [6.45, 7) is 0.131. The summed E-state index contributed by atoms with van der Waals surface area (Å²) in [6.07, 6.45) is 2.11. The van der Waals surface area contributed by atoms with Crippen molar-refractivity contribution in [1.29, 1.82) is 0 Å². The van der Waals surface area contributed by atoms with Gasteiger partial charge in [0.25, 0.3) is 0 Å². The average Bonchev–Trinajstić information content (AvgIpc) is 2.88. The maximum absolute atomic E-state index is 11.3. The summed E-state index contributed by atoms with van der Waals surface area (Å²) >= 11 is 0. The van der Waals surface area contributed by atoms with Crippen LogP contribution >= 0.6 is 0 Å². The standard InChI is InChI=1S/C9H16N2O3/c1-11(9(13)6-14-2)5-8(12)10-7-3-4-7/h7H,3-6H2,1-2H3,(H,10,12). The van der Waals surface area contributed by atoms with Gasteiger partial charge in [-0.25, -0.2) is 0 Å². The Balaban J connectivity index is 2.20. The molecule has 0 radical (unpaired) electrons. The van der Waals surface area contributed by atoms with E-state index < -0.39 is 0 Å².